The highest BCUT2D eigenvalue weighted by Gasteiger charge is 2.24. The molecule has 1 aromatic rings. The van der Waals surface area contributed by atoms with Gasteiger partial charge in [0.2, 0.25) is 5.91 Å². The molecular weight excluding hydrogens is 212 g/mol. The Hall–Kier alpha value is -1.48. The van der Waals surface area contributed by atoms with E-state index in [2.05, 4.69) is 15.5 Å². The first-order chi connectivity index (χ1) is 7.31. The van der Waals surface area contributed by atoms with Gasteiger partial charge in [-0.25, -0.2) is 0 Å². The summed E-state index contributed by atoms with van der Waals surface area (Å²) < 4.78 is 0. The summed E-state index contributed by atoms with van der Waals surface area (Å²) in [7, 11) is 0. The van der Waals surface area contributed by atoms with Gasteiger partial charge in [0.25, 0.3) is 0 Å². The molecule has 1 amide bonds. The molecule has 1 atom stereocenters. The molecule has 2 rings (SSSR count). The average molecular weight is 222 g/mol. The van der Waals surface area contributed by atoms with E-state index in [0.717, 1.165) is 17.9 Å². The van der Waals surface area contributed by atoms with E-state index in [1.807, 2.05) is 6.07 Å². The minimum Gasteiger partial charge on any atom is -0.310 e. The van der Waals surface area contributed by atoms with Gasteiger partial charge in [-0.05, 0) is 12.2 Å². The molecule has 1 fully saturated rings. The van der Waals surface area contributed by atoms with E-state index >= 15 is 0 Å². The molecule has 0 aromatic carbocycles. The summed E-state index contributed by atoms with van der Waals surface area (Å²) in [6, 6.07) is 1.96. The van der Waals surface area contributed by atoms with Gasteiger partial charge in [-0.2, -0.15) is 22.1 Å². The second-order valence-electron chi connectivity index (χ2n) is 3.32. The normalized spacial score (nSPS) is 19.8. The Kier molecular flexibility index (Phi) is 2.92. The molecule has 6 heteroatoms. The van der Waals surface area contributed by atoms with Crippen LogP contribution in [0.15, 0.2) is 6.20 Å². The number of hydrogen-bond donors (Lipinski definition) is 2. The molecule has 0 aliphatic carbocycles. The van der Waals surface area contributed by atoms with Crippen LogP contribution in [0.5, 0.6) is 0 Å². The summed E-state index contributed by atoms with van der Waals surface area (Å²) >= 11 is 1.78. The highest BCUT2D eigenvalue weighted by molar-refractivity contribution is 7.99. The average Bonchev–Trinajstić information content (AvgIpc) is 2.87. The van der Waals surface area contributed by atoms with Gasteiger partial charge in [0.15, 0.2) is 0 Å². The van der Waals surface area contributed by atoms with Crippen LogP contribution in [-0.2, 0) is 4.79 Å². The molecule has 15 heavy (non-hydrogen) atoms. The molecular formula is C9H10N4OS. The van der Waals surface area contributed by atoms with Crippen LogP contribution in [0.2, 0.25) is 0 Å². The van der Waals surface area contributed by atoms with Crippen LogP contribution in [-0.4, -0.2) is 27.6 Å². The zero-order valence-corrected chi connectivity index (χ0v) is 8.80. The third kappa shape index (κ3) is 2.13. The summed E-state index contributed by atoms with van der Waals surface area (Å²) in [5.74, 6) is 2.33. The van der Waals surface area contributed by atoms with E-state index in [9.17, 15) is 4.79 Å². The maximum absolute atomic E-state index is 11.7. The molecule has 0 bridgehead atoms. The van der Waals surface area contributed by atoms with Crippen molar-refractivity contribution >= 4 is 23.5 Å². The van der Waals surface area contributed by atoms with Crippen molar-refractivity contribution in [1.29, 1.82) is 5.26 Å². The Morgan fingerprint density at radius 1 is 1.80 bits per heavy atom. The number of amides is 1. The molecule has 1 unspecified atom stereocenters. The highest BCUT2D eigenvalue weighted by atomic mass is 32.2. The number of carbonyl (C=O) groups excluding carboxylic acids is 1. The van der Waals surface area contributed by atoms with Crippen LogP contribution < -0.4 is 5.32 Å². The molecule has 1 aliphatic heterocycles. The number of nitrogens with zero attached hydrogens (tertiary/aromatic N) is 2. The second kappa shape index (κ2) is 4.36. The van der Waals surface area contributed by atoms with E-state index in [4.69, 9.17) is 5.26 Å². The maximum atomic E-state index is 11.7. The minimum atomic E-state index is -0.0271. The van der Waals surface area contributed by atoms with Crippen molar-refractivity contribution in [3.8, 4) is 6.07 Å². The first-order valence-corrected chi connectivity index (χ1v) is 5.79. The van der Waals surface area contributed by atoms with Gasteiger partial charge in [-0.15, -0.1) is 0 Å². The van der Waals surface area contributed by atoms with Crippen molar-refractivity contribution in [1.82, 2.24) is 10.2 Å². The summed E-state index contributed by atoms with van der Waals surface area (Å²) in [4.78, 5) is 11.7. The van der Waals surface area contributed by atoms with E-state index in [-0.39, 0.29) is 11.8 Å². The zero-order valence-electron chi connectivity index (χ0n) is 7.99. The van der Waals surface area contributed by atoms with Crippen LogP contribution in [0, 0.1) is 17.2 Å². The molecule has 2 N–H and O–H groups in total. The van der Waals surface area contributed by atoms with Crippen LogP contribution in [0.4, 0.5) is 5.82 Å². The predicted octanol–water partition coefficient (Wildman–Crippen LogP) is 0.973. The number of rotatable bonds is 2. The molecule has 1 aliphatic rings. The smallest absolute Gasteiger partial charge is 0.229 e. The Morgan fingerprint density at radius 3 is 3.33 bits per heavy atom. The summed E-state index contributed by atoms with van der Waals surface area (Å²) in [5, 5.41) is 17.7. The SMILES string of the molecule is N#Cc1cn[nH]c1NC(=O)C1CCSC1. The van der Waals surface area contributed by atoms with Crippen molar-refractivity contribution in [2.45, 2.75) is 6.42 Å². The van der Waals surface area contributed by atoms with Gasteiger partial charge in [-0.1, -0.05) is 0 Å². The van der Waals surface area contributed by atoms with E-state index in [0.29, 0.717) is 11.4 Å². The van der Waals surface area contributed by atoms with Crippen LogP contribution in [0.3, 0.4) is 0 Å². The Balaban J connectivity index is 2.02. The van der Waals surface area contributed by atoms with Gasteiger partial charge in [-0.3, -0.25) is 9.89 Å². The molecule has 0 spiro atoms. The third-order valence-corrected chi connectivity index (χ3v) is 3.47. The van der Waals surface area contributed by atoms with Crippen molar-refractivity contribution in [2.75, 3.05) is 16.8 Å². The summed E-state index contributed by atoms with van der Waals surface area (Å²) in [6.07, 6.45) is 2.31. The fourth-order valence-electron chi connectivity index (χ4n) is 1.43. The standard InChI is InChI=1S/C9H10N4OS/c10-3-7-4-11-13-8(7)12-9(14)6-1-2-15-5-6/h4,6H,1-2,5H2,(H2,11,12,13,14). The van der Waals surface area contributed by atoms with Gasteiger partial charge in [0.1, 0.15) is 17.5 Å². The summed E-state index contributed by atoms with van der Waals surface area (Å²) in [6.45, 7) is 0. The number of nitriles is 1. The van der Waals surface area contributed by atoms with Crippen molar-refractivity contribution in [3.05, 3.63) is 11.8 Å². The fraction of sp³-hybridized carbons (Fsp3) is 0.444. The maximum Gasteiger partial charge on any atom is 0.229 e. The number of hydrogen-bond acceptors (Lipinski definition) is 4. The third-order valence-electron chi connectivity index (χ3n) is 2.31. The van der Waals surface area contributed by atoms with Gasteiger partial charge in [0, 0.05) is 11.7 Å². The number of nitrogens with one attached hydrogen (secondary N) is 2. The molecule has 78 valence electrons. The number of carbonyl (C=O) groups is 1. The number of anilines is 1. The number of H-pyrrole nitrogens is 1. The lowest BCUT2D eigenvalue weighted by atomic mass is 10.1. The summed E-state index contributed by atoms with van der Waals surface area (Å²) in [5.41, 5.74) is 0.369. The number of aromatic nitrogens is 2. The van der Waals surface area contributed by atoms with Gasteiger partial charge >= 0.3 is 0 Å². The molecule has 2 heterocycles. The Labute approximate surface area is 91.2 Å². The van der Waals surface area contributed by atoms with Crippen LogP contribution in [0.1, 0.15) is 12.0 Å². The van der Waals surface area contributed by atoms with Gasteiger partial charge < -0.3 is 5.32 Å². The lowest BCUT2D eigenvalue weighted by Gasteiger charge is -2.07. The predicted molar refractivity (Wildman–Crippen MR) is 57.4 cm³/mol. The van der Waals surface area contributed by atoms with E-state index < -0.39 is 0 Å². The Bertz CT molecular complexity index is 402. The Morgan fingerprint density at radius 2 is 2.67 bits per heavy atom. The molecule has 1 saturated heterocycles. The fourth-order valence-corrected chi connectivity index (χ4v) is 2.65. The number of thioether (sulfide) groups is 1. The monoisotopic (exact) mass is 222 g/mol. The first-order valence-electron chi connectivity index (χ1n) is 4.63. The quantitative estimate of drug-likeness (QED) is 0.781. The van der Waals surface area contributed by atoms with Gasteiger partial charge in [0.05, 0.1) is 6.20 Å². The molecule has 5 nitrogen and oxygen atoms in total. The van der Waals surface area contributed by atoms with Crippen molar-refractivity contribution in [2.24, 2.45) is 5.92 Å². The molecule has 0 saturated carbocycles. The van der Waals surface area contributed by atoms with Crippen LogP contribution >= 0.6 is 11.8 Å². The highest BCUT2D eigenvalue weighted by Crippen LogP contribution is 2.24. The first kappa shape index (κ1) is 10.1. The molecule has 1 aromatic heterocycles. The number of aromatic amines is 1. The van der Waals surface area contributed by atoms with Crippen molar-refractivity contribution in [3.63, 3.8) is 0 Å². The lowest BCUT2D eigenvalue weighted by Crippen LogP contribution is -2.22. The van der Waals surface area contributed by atoms with Crippen molar-refractivity contribution < 1.29 is 4.79 Å². The second-order valence-corrected chi connectivity index (χ2v) is 4.47. The lowest BCUT2D eigenvalue weighted by molar-refractivity contribution is -0.119. The topological polar surface area (TPSA) is 81.6 Å². The molecule has 0 radical (unpaired) electrons. The zero-order chi connectivity index (χ0) is 10.7. The largest absolute Gasteiger partial charge is 0.310 e. The van der Waals surface area contributed by atoms with E-state index in [1.165, 1.54) is 6.20 Å². The van der Waals surface area contributed by atoms with Crippen LogP contribution in [0.25, 0.3) is 0 Å². The minimum absolute atomic E-state index is 0.0271. The van der Waals surface area contributed by atoms with E-state index in [1.54, 1.807) is 11.8 Å².